The largest absolute Gasteiger partial charge is 0.497 e. The molecule has 2 heterocycles. The minimum Gasteiger partial charge on any atom is -0.497 e. The molecular weight excluding hydrogens is 426 g/mol. The van der Waals surface area contributed by atoms with Crippen LogP contribution in [0.25, 0.3) is 0 Å². The van der Waals surface area contributed by atoms with Gasteiger partial charge in [0.15, 0.2) is 0 Å². The van der Waals surface area contributed by atoms with E-state index in [1.807, 2.05) is 42.5 Å². The fourth-order valence-corrected chi connectivity index (χ4v) is 4.40. The molecule has 0 saturated carbocycles. The van der Waals surface area contributed by atoms with E-state index in [0.717, 1.165) is 27.8 Å². The number of ether oxygens (including phenoxy) is 1. The molecule has 0 aliphatic carbocycles. The Bertz CT molecular complexity index is 1020. The molecule has 0 bridgehead atoms. The Morgan fingerprint density at radius 1 is 1.20 bits per heavy atom. The number of imide groups is 1. The third kappa shape index (κ3) is 3.93. The summed E-state index contributed by atoms with van der Waals surface area (Å²) in [5.74, 6) is -0.0367. The van der Waals surface area contributed by atoms with Gasteiger partial charge in [-0.25, -0.2) is 5.01 Å². The zero-order chi connectivity index (χ0) is 21.3. The second-order valence-electron chi connectivity index (χ2n) is 6.79. The molecule has 1 saturated heterocycles. The summed E-state index contributed by atoms with van der Waals surface area (Å²) < 4.78 is 5.21. The van der Waals surface area contributed by atoms with Crippen LogP contribution in [-0.2, 0) is 9.59 Å². The highest BCUT2D eigenvalue weighted by atomic mass is 35.5. The van der Waals surface area contributed by atoms with Crippen LogP contribution < -0.4 is 4.74 Å². The predicted molar refractivity (Wildman–Crippen MR) is 115 cm³/mol. The number of nitrogens with zero attached hydrogens (tertiary/aromatic N) is 3. The van der Waals surface area contributed by atoms with Crippen LogP contribution in [0.1, 0.15) is 23.6 Å². The molecule has 154 valence electrons. The highest BCUT2D eigenvalue weighted by Gasteiger charge is 2.38. The summed E-state index contributed by atoms with van der Waals surface area (Å²) in [5.41, 5.74) is 2.28. The van der Waals surface area contributed by atoms with E-state index in [9.17, 15) is 14.4 Å². The molecule has 2 aliphatic heterocycles. The van der Waals surface area contributed by atoms with Crippen LogP contribution in [0.3, 0.4) is 0 Å². The number of carbonyl (C=O) groups is 3. The van der Waals surface area contributed by atoms with E-state index in [0.29, 0.717) is 22.9 Å². The second-order valence-corrected chi connectivity index (χ2v) is 8.13. The lowest BCUT2D eigenvalue weighted by Crippen LogP contribution is -2.40. The molecular formula is C21H18ClN3O4S. The average molecular weight is 444 g/mol. The van der Waals surface area contributed by atoms with Crippen LogP contribution >= 0.6 is 23.4 Å². The summed E-state index contributed by atoms with van der Waals surface area (Å²) in [6.07, 6.45) is 0.457. The van der Waals surface area contributed by atoms with Crippen LogP contribution in [0.5, 0.6) is 5.75 Å². The molecule has 4 rings (SSSR count). The maximum atomic E-state index is 13.1. The number of carbonyl (C=O) groups excluding carboxylic acids is 3. The molecule has 30 heavy (non-hydrogen) atoms. The Balaban J connectivity index is 1.65. The number of methoxy groups -OCH3 is 1. The number of benzene rings is 2. The van der Waals surface area contributed by atoms with Crippen LogP contribution in [0.2, 0.25) is 5.02 Å². The number of halogens is 1. The van der Waals surface area contributed by atoms with E-state index >= 15 is 0 Å². The minimum atomic E-state index is -0.429. The van der Waals surface area contributed by atoms with Crippen LogP contribution in [0.4, 0.5) is 4.79 Å². The second kappa shape index (κ2) is 8.49. The van der Waals surface area contributed by atoms with Crippen LogP contribution in [-0.4, -0.2) is 52.1 Å². The SMILES string of the molecule is COc1ccc(C2CC(c3ccccc3Cl)=NN2C(=O)CN2C(=O)CSC2=O)cc1. The summed E-state index contributed by atoms with van der Waals surface area (Å²) in [7, 11) is 1.58. The van der Waals surface area contributed by atoms with E-state index < -0.39 is 11.1 Å². The van der Waals surface area contributed by atoms with Gasteiger partial charge in [-0.1, -0.05) is 53.7 Å². The summed E-state index contributed by atoms with van der Waals surface area (Å²) in [6, 6.07) is 14.3. The molecule has 2 aromatic rings. The third-order valence-corrected chi connectivity index (χ3v) is 6.17. The summed E-state index contributed by atoms with van der Waals surface area (Å²) >= 11 is 7.24. The molecule has 1 fully saturated rings. The summed E-state index contributed by atoms with van der Waals surface area (Å²) in [4.78, 5) is 37.9. The maximum Gasteiger partial charge on any atom is 0.289 e. The van der Waals surface area contributed by atoms with Gasteiger partial charge in [-0.15, -0.1) is 0 Å². The van der Waals surface area contributed by atoms with E-state index in [1.54, 1.807) is 13.2 Å². The zero-order valence-electron chi connectivity index (χ0n) is 16.1. The molecule has 2 aromatic carbocycles. The lowest BCUT2D eigenvalue weighted by Gasteiger charge is -2.24. The average Bonchev–Trinajstić information content (AvgIpc) is 3.33. The van der Waals surface area contributed by atoms with Gasteiger partial charge < -0.3 is 4.74 Å². The van der Waals surface area contributed by atoms with Gasteiger partial charge in [-0.3, -0.25) is 19.3 Å². The van der Waals surface area contributed by atoms with Crippen molar-refractivity contribution in [1.29, 1.82) is 0 Å². The Morgan fingerprint density at radius 3 is 2.57 bits per heavy atom. The van der Waals surface area contributed by atoms with Gasteiger partial charge in [0.05, 0.1) is 24.6 Å². The first-order chi connectivity index (χ1) is 14.5. The molecule has 0 radical (unpaired) electrons. The molecule has 7 nitrogen and oxygen atoms in total. The molecule has 0 N–H and O–H groups in total. The van der Waals surface area contributed by atoms with Crippen molar-refractivity contribution in [3.63, 3.8) is 0 Å². The predicted octanol–water partition coefficient (Wildman–Crippen LogP) is 3.72. The quantitative estimate of drug-likeness (QED) is 0.703. The van der Waals surface area contributed by atoms with E-state index in [4.69, 9.17) is 16.3 Å². The van der Waals surface area contributed by atoms with Crippen LogP contribution in [0, 0.1) is 0 Å². The smallest absolute Gasteiger partial charge is 0.289 e. The van der Waals surface area contributed by atoms with Gasteiger partial charge in [0.2, 0.25) is 5.91 Å². The topological polar surface area (TPSA) is 79.3 Å². The summed E-state index contributed by atoms with van der Waals surface area (Å²) in [5, 5.41) is 6.02. The number of thioether (sulfide) groups is 1. The Morgan fingerprint density at radius 2 is 1.93 bits per heavy atom. The Labute approximate surface area is 182 Å². The van der Waals surface area contributed by atoms with Crippen LogP contribution in [0.15, 0.2) is 53.6 Å². The van der Waals surface area contributed by atoms with Crippen molar-refractivity contribution in [2.45, 2.75) is 12.5 Å². The number of hydrogen-bond acceptors (Lipinski definition) is 6. The first kappa shape index (κ1) is 20.4. The van der Waals surface area contributed by atoms with Gasteiger partial charge in [0.1, 0.15) is 12.3 Å². The molecule has 2 aliphatic rings. The number of rotatable bonds is 5. The third-order valence-electron chi connectivity index (χ3n) is 4.99. The van der Waals surface area contributed by atoms with Gasteiger partial charge in [-0.2, -0.15) is 5.10 Å². The van der Waals surface area contributed by atoms with Gasteiger partial charge >= 0.3 is 0 Å². The molecule has 1 atom stereocenters. The Kier molecular flexibility index (Phi) is 5.78. The number of hydrazone groups is 1. The van der Waals surface area contributed by atoms with E-state index in [-0.39, 0.29) is 24.2 Å². The van der Waals surface area contributed by atoms with Crippen molar-refractivity contribution in [2.75, 3.05) is 19.4 Å². The molecule has 3 amide bonds. The first-order valence-corrected chi connectivity index (χ1v) is 10.6. The first-order valence-electron chi connectivity index (χ1n) is 9.23. The van der Waals surface area contributed by atoms with Crippen molar-refractivity contribution in [3.8, 4) is 5.75 Å². The van der Waals surface area contributed by atoms with Gasteiger partial charge in [0.25, 0.3) is 11.1 Å². The fraction of sp³-hybridized carbons (Fsp3) is 0.238. The zero-order valence-corrected chi connectivity index (χ0v) is 17.7. The molecule has 0 aromatic heterocycles. The van der Waals surface area contributed by atoms with Crippen molar-refractivity contribution in [1.82, 2.24) is 9.91 Å². The van der Waals surface area contributed by atoms with Crippen molar-refractivity contribution >= 4 is 46.1 Å². The minimum absolute atomic E-state index is 0.0577. The lowest BCUT2D eigenvalue weighted by atomic mass is 9.98. The Hall–Kier alpha value is -2.84. The normalized spacial score (nSPS) is 18.7. The fourth-order valence-electron chi connectivity index (χ4n) is 3.43. The monoisotopic (exact) mass is 443 g/mol. The lowest BCUT2D eigenvalue weighted by molar-refractivity contribution is -0.137. The maximum absolute atomic E-state index is 13.1. The van der Waals surface area contributed by atoms with Crippen molar-refractivity contribution in [2.24, 2.45) is 5.10 Å². The standard InChI is InChI=1S/C21H18ClN3O4S/c1-29-14-8-6-13(7-9-14)18-10-17(15-4-2-3-5-16(15)22)23-25(18)19(26)11-24-20(27)12-30-21(24)28/h2-9,18H,10-12H2,1H3. The van der Waals surface area contributed by atoms with Gasteiger partial charge in [-0.05, 0) is 23.8 Å². The number of amides is 3. The number of hydrogen-bond donors (Lipinski definition) is 0. The van der Waals surface area contributed by atoms with Crippen molar-refractivity contribution in [3.05, 3.63) is 64.7 Å². The highest BCUT2D eigenvalue weighted by Crippen LogP contribution is 2.35. The summed E-state index contributed by atoms with van der Waals surface area (Å²) in [6.45, 7) is -0.337. The van der Waals surface area contributed by atoms with Crippen molar-refractivity contribution < 1.29 is 19.1 Å². The highest BCUT2D eigenvalue weighted by molar-refractivity contribution is 8.14. The molecule has 1 unspecified atom stereocenters. The van der Waals surface area contributed by atoms with Gasteiger partial charge in [0, 0.05) is 17.0 Å². The van der Waals surface area contributed by atoms with E-state index in [2.05, 4.69) is 5.10 Å². The van der Waals surface area contributed by atoms with E-state index in [1.165, 1.54) is 5.01 Å². The molecule has 0 spiro atoms. The molecule has 9 heteroatoms.